The molecule has 0 N–H and O–H groups in total. The van der Waals surface area contributed by atoms with Gasteiger partial charge in [-0.15, -0.1) is 0 Å². The van der Waals surface area contributed by atoms with E-state index in [1.165, 1.54) is 6.42 Å². The molecule has 22 heavy (non-hydrogen) atoms. The first-order valence-electron chi connectivity index (χ1n) is 8.96. The van der Waals surface area contributed by atoms with Gasteiger partial charge in [0.25, 0.3) is 0 Å². The van der Waals surface area contributed by atoms with Gasteiger partial charge in [0.05, 0.1) is 6.54 Å². The standard InChI is InChI=1S/C17H29N3O2/c1-14(21)20-12-6-8-16(20)15-7-5-11-19(15)13-17(22)18-9-3-2-4-10-18/h15-16H,2-13H2,1H3/t15-,16+/m1/s1. The van der Waals surface area contributed by atoms with Crippen molar-refractivity contribution in [1.82, 2.24) is 14.7 Å². The molecule has 0 saturated carbocycles. The number of likely N-dealkylation sites (tertiary alicyclic amines) is 3. The number of hydrogen-bond donors (Lipinski definition) is 0. The maximum Gasteiger partial charge on any atom is 0.236 e. The number of hydrogen-bond acceptors (Lipinski definition) is 3. The summed E-state index contributed by atoms with van der Waals surface area (Å²) in [7, 11) is 0. The predicted molar refractivity (Wildman–Crippen MR) is 85.4 cm³/mol. The third-order valence-corrected chi connectivity index (χ3v) is 5.61. The van der Waals surface area contributed by atoms with E-state index in [0.29, 0.717) is 24.5 Å². The van der Waals surface area contributed by atoms with Gasteiger partial charge in [0.15, 0.2) is 0 Å². The summed E-state index contributed by atoms with van der Waals surface area (Å²) in [5.41, 5.74) is 0. The number of piperidine rings is 1. The van der Waals surface area contributed by atoms with Crippen molar-refractivity contribution < 1.29 is 9.59 Å². The SMILES string of the molecule is CC(=O)N1CCC[C@H]1[C@H]1CCCN1CC(=O)N1CCCCC1. The Balaban J connectivity index is 1.60. The van der Waals surface area contributed by atoms with E-state index >= 15 is 0 Å². The van der Waals surface area contributed by atoms with Gasteiger partial charge in [-0.05, 0) is 51.5 Å². The fourth-order valence-electron chi connectivity index (χ4n) is 4.48. The van der Waals surface area contributed by atoms with Crippen LogP contribution >= 0.6 is 0 Å². The quantitative estimate of drug-likeness (QED) is 0.793. The molecule has 0 radical (unpaired) electrons. The lowest BCUT2D eigenvalue weighted by Gasteiger charge is -2.36. The Morgan fingerprint density at radius 1 is 0.864 bits per heavy atom. The highest BCUT2D eigenvalue weighted by molar-refractivity contribution is 5.78. The fraction of sp³-hybridized carbons (Fsp3) is 0.882. The second-order valence-electron chi connectivity index (χ2n) is 7.04. The van der Waals surface area contributed by atoms with E-state index < -0.39 is 0 Å². The molecule has 3 saturated heterocycles. The predicted octanol–water partition coefficient (Wildman–Crippen LogP) is 1.47. The van der Waals surface area contributed by atoms with Crippen LogP contribution in [0.3, 0.4) is 0 Å². The largest absolute Gasteiger partial charge is 0.342 e. The average Bonchev–Trinajstić information content (AvgIpc) is 3.16. The van der Waals surface area contributed by atoms with E-state index in [0.717, 1.165) is 64.7 Å². The highest BCUT2D eigenvalue weighted by atomic mass is 16.2. The van der Waals surface area contributed by atoms with E-state index in [1.54, 1.807) is 6.92 Å². The van der Waals surface area contributed by atoms with Crippen molar-refractivity contribution in [2.24, 2.45) is 0 Å². The van der Waals surface area contributed by atoms with Crippen LogP contribution in [0.4, 0.5) is 0 Å². The topological polar surface area (TPSA) is 43.9 Å². The summed E-state index contributed by atoms with van der Waals surface area (Å²) in [6.45, 7) is 5.99. The van der Waals surface area contributed by atoms with Crippen molar-refractivity contribution in [1.29, 1.82) is 0 Å². The van der Waals surface area contributed by atoms with E-state index in [4.69, 9.17) is 0 Å². The zero-order chi connectivity index (χ0) is 15.5. The first kappa shape index (κ1) is 15.8. The molecule has 0 aliphatic carbocycles. The zero-order valence-electron chi connectivity index (χ0n) is 13.8. The monoisotopic (exact) mass is 307 g/mol. The Bertz CT molecular complexity index is 420. The summed E-state index contributed by atoms with van der Waals surface area (Å²) in [6, 6.07) is 0.717. The summed E-state index contributed by atoms with van der Waals surface area (Å²) < 4.78 is 0. The second kappa shape index (κ2) is 6.99. The lowest BCUT2D eigenvalue weighted by atomic mass is 10.0. The van der Waals surface area contributed by atoms with Gasteiger partial charge in [-0.25, -0.2) is 0 Å². The molecule has 2 atom stereocenters. The fourth-order valence-corrected chi connectivity index (χ4v) is 4.48. The molecule has 2 amide bonds. The molecule has 5 heteroatoms. The highest BCUT2D eigenvalue weighted by Crippen LogP contribution is 2.30. The Morgan fingerprint density at radius 2 is 1.55 bits per heavy atom. The molecule has 124 valence electrons. The molecule has 0 bridgehead atoms. The van der Waals surface area contributed by atoms with Gasteiger partial charge in [0, 0.05) is 38.6 Å². The molecule has 0 aromatic carbocycles. The van der Waals surface area contributed by atoms with Gasteiger partial charge in [-0.3, -0.25) is 14.5 Å². The molecule has 3 aliphatic heterocycles. The molecular formula is C17H29N3O2. The maximum atomic E-state index is 12.5. The van der Waals surface area contributed by atoms with Gasteiger partial charge in [-0.1, -0.05) is 0 Å². The van der Waals surface area contributed by atoms with Gasteiger partial charge >= 0.3 is 0 Å². The lowest BCUT2D eigenvalue weighted by molar-refractivity contribution is -0.134. The molecular weight excluding hydrogens is 278 g/mol. The number of amides is 2. The summed E-state index contributed by atoms with van der Waals surface area (Å²) >= 11 is 0. The minimum absolute atomic E-state index is 0.191. The molecule has 0 aromatic heterocycles. The molecule has 5 nitrogen and oxygen atoms in total. The smallest absolute Gasteiger partial charge is 0.236 e. The summed E-state index contributed by atoms with van der Waals surface area (Å²) in [5.74, 6) is 0.482. The number of carbonyl (C=O) groups is 2. The van der Waals surface area contributed by atoms with Crippen LogP contribution < -0.4 is 0 Å². The van der Waals surface area contributed by atoms with Crippen molar-refractivity contribution in [2.45, 2.75) is 64.0 Å². The second-order valence-corrected chi connectivity index (χ2v) is 7.04. The summed E-state index contributed by atoms with van der Waals surface area (Å²) in [6.07, 6.45) is 8.03. The Kier molecular flexibility index (Phi) is 5.01. The molecule has 0 spiro atoms. The lowest BCUT2D eigenvalue weighted by Crippen LogP contribution is -2.51. The average molecular weight is 307 g/mol. The van der Waals surface area contributed by atoms with Crippen LogP contribution in [-0.2, 0) is 9.59 Å². The van der Waals surface area contributed by atoms with Crippen molar-refractivity contribution in [3.63, 3.8) is 0 Å². The number of rotatable bonds is 3. The zero-order valence-corrected chi connectivity index (χ0v) is 13.8. The van der Waals surface area contributed by atoms with Crippen molar-refractivity contribution >= 4 is 11.8 Å². The van der Waals surface area contributed by atoms with Crippen LogP contribution in [0.1, 0.15) is 51.9 Å². The third-order valence-electron chi connectivity index (χ3n) is 5.61. The van der Waals surface area contributed by atoms with Crippen molar-refractivity contribution in [3.8, 4) is 0 Å². The Hall–Kier alpha value is -1.10. The van der Waals surface area contributed by atoms with E-state index in [2.05, 4.69) is 4.90 Å². The first-order valence-corrected chi connectivity index (χ1v) is 8.96. The molecule has 0 aromatic rings. The minimum atomic E-state index is 0.191. The normalized spacial score (nSPS) is 30.0. The molecule has 3 aliphatic rings. The van der Waals surface area contributed by atoms with Crippen LogP contribution in [0.25, 0.3) is 0 Å². The first-order chi connectivity index (χ1) is 10.7. The molecule has 3 fully saturated rings. The molecule has 0 unspecified atom stereocenters. The molecule has 3 heterocycles. The summed E-state index contributed by atoms with van der Waals surface area (Å²) in [4.78, 5) is 30.8. The summed E-state index contributed by atoms with van der Waals surface area (Å²) in [5, 5.41) is 0. The van der Waals surface area contributed by atoms with Gasteiger partial charge in [-0.2, -0.15) is 0 Å². The van der Waals surface area contributed by atoms with E-state index in [9.17, 15) is 9.59 Å². The van der Waals surface area contributed by atoms with Crippen LogP contribution in [-0.4, -0.2) is 71.3 Å². The van der Waals surface area contributed by atoms with Gasteiger partial charge in [0.2, 0.25) is 11.8 Å². The van der Waals surface area contributed by atoms with Gasteiger partial charge in [0.1, 0.15) is 0 Å². The van der Waals surface area contributed by atoms with Crippen LogP contribution in [0, 0.1) is 0 Å². The van der Waals surface area contributed by atoms with E-state index in [1.807, 2.05) is 9.80 Å². The Labute approximate surface area is 133 Å². The molecule has 3 rings (SSSR count). The van der Waals surface area contributed by atoms with Crippen LogP contribution in [0.15, 0.2) is 0 Å². The highest BCUT2D eigenvalue weighted by Gasteiger charge is 2.39. The van der Waals surface area contributed by atoms with E-state index in [-0.39, 0.29) is 5.91 Å². The van der Waals surface area contributed by atoms with Crippen LogP contribution in [0.2, 0.25) is 0 Å². The van der Waals surface area contributed by atoms with Crippen molar-refractivity contribution in [2.75, 3.05) is 32.7 Å². The minimum Gasteiger partial charge on any atom is -0.342 e. The van der Waals surface area contributed by atoms with Crippen molar-refractivity contribution in [3.05, 3.63) is 0 Å². The third kappa shape index (κ3) is 3.29. The number of nitrogens with zero attached hydrogens (tertiary/aromatic N) is 3. The maximum absolute atomic E-state index is 12.5. The van der Waals surface area contributed by atoms with Crippen LogP contribution in [0.5, 0.6) is 0 Å². The Morgan fingerprint density at radius 3 is 2.27 bits per heavy atom. The van der Waals surface area contributed by atoms with Gasteiger partial charge < -0.3 is 9.80 Å². The number of carbonyl (C=O) groups excluding carboxylic acids is 2.